The van der Waals surface area contributed by atoms with Gasteiger partial charge in [0.1, 0.15) is 0 Å². The van der Waals surface area contributed by atoms with Crippen LogP contribution in [0.3, 0.4) is 0 Å². The molecule has 0 fully saturated rings. The first kappa shape index (κ1) is 33.2. The fraction of sp³-hybridized carbons (Fsp3) is 0.613. The average Bonchev–Trinajstić information content (AvgIpc) is 3.23. The maximum Gasteiger partial charge on any atom is -1.00 e. The predicted octanol–water partition coefficient (Wildman–Crippen LogP) is 4.47. The zero-order valence-corrected chi connectivity index (χ0v) is 27.2. The minimum atomic E-state index is -0.266. The Morgan fingerprint density at radius 2 is 1.37 bits per heavy atom. The van der Waals surface area contributed by atoms with Gasteiger partial charge in [0.25, 0.3) is 0 Å². The van der Waals surface area contributed by atoms with E-state index in [9.17, 15) is 0 Å². The van der Waals surface area contributed by atoms with Crippen LogP contribution in [-0.2, 0) is 19.2 Å². The van der Waals surface area contributed by atoms with Crippen molar-refractivity contribution in [2.24, 2.45) is 5.41 Å². The van der Waals surface area contributed by atoms with Crippen LogP contribution in [0.2, 0.25) is 0 Å². The Balaban J connectivity index is 0.00000306. The molecule has 4 heteroatoms. The van der Waals surface area contributed by atoms with E-state index in [-0.39, 0.29) is 57.3 Å². The largest absolute Gasteiger partial charge is 1.00 e. The van der Waals surface area contributed by atoms with Crippen molar-refractivity contribution in [3.8, 4) is 0 Å². The molecular formula is C31H47Cl2PTi. The molecule has 1 aromatic carbocycles. The fourth-order valence-corrected chi connectivity index (χ4v) is 12.4. The van der Waals surface area contributed by atoms with Crippen LogP contribution < -0.4 is 24.8 Å². The van der Waals surface area contributed by atoms with E-state index in [2.05, 4.69) is 78.8 Å². The minimum Gasteiger partial charge on any atom is -1.00 e. The van der Waals surface area contributed by atoms with E-state index in [0.717, 1.165) is 0 Å². The summed E-state index contributed by atoms with van der Waals surface area (Å²) in [6.07, 6.45) is 16.8. The maximum absolute atomic E-state index is 2.67. The van der Waals surface area contributed by atoms with E-state index in [1.54, 1.807) is 22.3 Å². The summed E-state index contributed by atoms with van der Waals surface area (Å²) in [5.41, 5.74) is 8.24. The molecule has 0 bridgehead atoms. The number of unbranched alkanes of at least 4 members (excludes halogenated alkanes) is 6. The third-order valence-electron chi connectivity index (χ3n) is 8.19. The van der Waals surface area contributed by atoms with Gasteiger partial charge in [-0.25, -0.2) is 0 Å². The third kappa shape index (κ3) is 7.84. The summed E-state index contributed by atoms with van der Waals surface area (Å²) in [5, 5.41) is 1.87. The van der Waals surface area contributed by atoms with Gasteiger partial charge in [0.15, 0.2) is 0 Å². The molecule has 0 heterocycles. The Bertz CT molecular complexity index is 900. The van der Waals surface area contributed by atoms with Gasteiger partial charge in [-0.15, -0.1) is 0 Å². The molecule has 2 aliphatic rings. The Hall–Kier alpha value is 0.164. The van der Waals surface area contributed by atoms with Crippen molar-refractivity contribution in [1.82, 2.24) is 0 Å². The molecule has 3 rings (SSSR count). The van der Waals surface area contributed by atoms with Gasteiger partial charge >= 0.3 is 216 Å². The van der Waals surface area contributed by atoms with Crippen molar-refractivity contribution in [3.63, 3.8) is 0 Å². The van der Waals surface area contributed by atoms with Crippen molar-refractivity contribution >= 4 is 14.0 Å². The second-order valence-corrected chi connectivity index (χ2v) is 15.4. The molecule has 1 atom stereocenters. The molecule has 0 aromatic heterocycles. The van der Waals surface area contributed by atoms with Crippen molar-refractivity contribution in [1.29, 1.82) is 0 Å². The van der Waals surface area contributed by atoms with Gasteiger partial charge in [-0.05, 0) is 0 Å². The second kappa shape index (κ2) is 15.5. The first-order valence-electron chi connectivity index (χ1n) is 13.5. The number of rotatable bonds is 13. The average molecular weight is 569 g/mol. The molecule has 1 unspecified atom stereocenters. The zero-order valence-electron chi connectivity index (χ0n) is 23.2. The molecule has 0 aliphatic heterocycles. The summed E-state index contributed by atoms with van der Waals surface area (Å²) < 4.78 is 2.53. The topological polar surface area (TPSA) is 0 Å². The van der Waals surface area contributed by atoms with Gasteiger partial charge in [0.2, 0.25) is 0 Å². The van der Waals surface area contributed by atoms with Crippen LogP contribution in [0.5, 0.6) is 0 Å². The maximum atomic E-state index is 2.67. The van der Waals surface area contributed by atoms with Gasteiger partial charge in [-0.1, -0.05) is 0 Å². The summed E-state index contributed by atoms with van der Waals surface area (Å²) in [6.45, 7) is 16.8. The number of halogens is 2. The summed E-state index contributed by atoms with van der Waals surface area (Å²) in [5.74, 6) is 0. The monoisotopic (exact) mass is 568 g/mol. The molecule has 0 saturated heterocycles. The fourth-order valence-electron chi connectivity index (χ4n) is 5.59. The Morgan fingerprint density at radius 1 is 0.800 bits per heavy atom. The van der Waals surface area contributed by atoms with Crippen molar-refractivity contribution in [2.45, 2.75) is 104 Å². The molecule has 35 heavy (non-hydrogen) atoms. The van der Waals surface area contributed by atoms with Crippen molar-refractivity contribution < 1.29 is 44.0 Å². The molecule has 0 amide bonds. The van der Waals surface area contributed by atoms with E-state index in [0.29, 0.717) is 4.22 Å². The van der Waals surface area contributed by atoms with Crippen LogP contribution in [0.15, 0.2) is 50.2 Å². The van der Waals surface area contributed by atoms with Gasteiger partial charge in [-0.2, -0.15) is 0 Å². The van der Waals surface area contributed by atoms with Gasteiger partial charge in [0.05, 0.1) is 0 Å². The number of hydrogen-bond acceptors (Lipinski definition) is 0. The van der Waals surface area contributed by atoms with Crippen molar-refractivity contribution in [3.05, 3.63) is 61.3 Å². The minimum absolute atomic E-state index is 0. The Morgan fingerprint density at radius 3 is 1.89 bits per heavy atom. The number of allylic oxidation sites excluding steroid dienone is 5. The summed E-state index contributed by atoms with van der Waals surface area (Å²) in [7, 11) is -0.0120. The molecule has 0 nitrogen and oxygen atoms in total. The number of hydrogen-bond donors (Lipinski definition) is 0. The first-order valence-corrected chi connectivity index (χ1v) is 16.9. The van der Waals surface area contributed by atoms with Gasteiger partial charge < -0.3 is 24.8 Å². The molecular weight excluding hydrogens is 522 g/mol. The first-order chi connectivity index (χ1) is 15.8. The molecule has 1 aromatic rings. The van der Waals surface area contributed by atoms with Crippen LogP contribution in [0.25, 0.3) is 6.08 Å². The number of benzene rings is 1. The predicted molar refractivity (Wildman–Crippen MR) is 147 cm³/mol. The van der Waals surface area contributed by atoms with E-state index in [1.165, 1.54) is 69.3 Å². The number of fused-ring (bicyclic) bond motifs is 1. The summed E-state index contributed by atoms with van der Waals surface area (Å²) in [4.78, 5) is 0. The molecule has 194 valence electrons. The summed E-state index contributed by atoms with van der Waals surface area (Å²) >= 11 is -0.266. The normalized spacial score (nSPS) is 18.3. The SMILES string of the molecule is CCCCCCP(CCCCCC)C1=Cc2ccccc2[CH]1[Ti+2][C]1=C(C)C(C)=C(C)C1(C)C.[Cl-].[Cl-]. The van der Waals surface area contributed by atoms with E-state index < -0.39 is 0 Å². The molecule has 0 spiro atoms. The molecule has 0 saturated carbocycles. The zero-order chi connectivity index (χ0) is 24.0. The van der Waals surface area contributed by atoms with Crippen LogP contribution >= 0.6 is 7.92 Å². The second-order valence-electron chi connectivity index (χ2n) is 10.8. The van der Waals surface area contributed by atoms with Gasteiger partial charge in [-0.3, -0.25) is 0 Å². The Labute approximate surface area is 239 Å². The standard InChI is InChI=1S/C21H32P.C10H15.2ClH.Ti/c1-3-5-7-11-15-22(16-12-8-6-4-2)21-17-19-13-9-10-14-20(19)18-21;1-7-6-10(4,5)9(3)8(7)2;;;/h9-10,13-14,17-18H,3-8,11-12,15-16H2,1-2H3;1-5H3;2*1H;/q;;;;+2/p-2. The van der Waals surface area contributed by atoms with Crippen LogP contribution in [0.1, 0.15) is 115 Å². The molecule has 0 N–H and O–H groups in total. The van der Waals surface area contributed by atoms with Crippen LogP contribution in [0.4, 0.5) is 0 Å². The van der Waals surface area contributed by atoms with E-state index in [4.69, 9.17) is 0 Å². The van der Waals surface area contributed by atoms with Crippen LogP contribution in [0, 0.1) is 5.41 Å². The quantitative estimate of drug-likeness (QED) is 0.187. The van der Waals surface area contributed by atoms with E-state index in [1.807, 2.05) is 9.19 Å². The molecule has 2 aliphatic carbocycles. The van der Waals surface area contributed by atoms with Crippen LogP contribution in [-0.4, -0.2) is 12.3 Å². The smallest absolute Gasteiger partial charge is 1.00 e. The van der Waals surface area contributed by atoms with Gasteiger partial charge in [0, 0.05) is 0 Å². The van der Waals surface area contributed by atoms with Crippen molar-refractivity contribution in [2.75, 3.05) is 12.3 Å². The molecule has 0 radical (unpaired) electrons. The Kier molecular flexibility index (Phi) is 14.7. The summed E-state index contributed by atoms with van der Waals surface area (Å²) in [6, 6.07) is 9.38. The third-order valence-corrected chi connectivity index (χ3v) is 14.8. The van der Waals surface area contributed by atoms with E-state index >= 15 is 0 Å².